The second kappa shape index (κ2) is 4.28. The van der Waals surface area contributed by atoms with Crippen LogP contribution in [-0.4, -0.2) is 9.38 Å². The van der Waals surface area contributed by atoms with Crippen molar-refractivity contribution in [1.82, 2.24) is 9.38 Å². The standard InChI is InChI=1S/C14H11IN2O/c1-9-3-2-4-10(5-9)12-8-17-7-11(15)6-13(17)14(18)16-12/h2-8H,1H3,(H,16,18). The Hall–Kier alpha value is -1.56. The number of hydrogen-bond donors (Lipinski definition) is 1. The first-order chi connectivity index (χ1) is 8.63. The van der Waals surface area contributed by atoms with E-state index < -0.39 is 0 Å². The van der Waals surface area contributed by atoms with Crippen molar-refractivity contribution >= 4 is 28.1 Å². The normalized spacial score (nSPS) is 11.0. The van der Waals surface area contributed by atoms with E-state index in [9.17, 15) is 4.79 Å². The zero-order valence-corrected chi connectivity index (χ0v) is 11.9. The molecule has 0 amide bonds. The summed E-state index contributed by atoms with van der Waals surface area (Å²) in [6, 6.07) is 9.97. The molecule has 0 unspecified atom stereocenters. The van der Waals surface area contributed by atoms with Gasteiger partial charge in [-0.15, -0.1) is 0 Å². The monoisotopic (exact) mass is 350 g/mol. The van der Waals surface area contributed by atoms with E-state index in [1.165, 1.54) is 5.56 Å². The van der Waals surface area contributed by atoms with Crippen molar-refractivity contribution in [1.29, 1.82) is 0 Å². The van der Waals surface area contributed by atoms with Gasteiger partial charge in [0.25, 0.3) is 5.56 Å². The molecule has 0 fully saturated rings. The number of H-pyrrole nitrogens is 1. The molecular weight excluding hydrogens is 339 g/mol. The summed E-state index contributed by atoms with van der Waals surface area (Å²) in [5, 5.41) is 0. The Kier molecular flexibility index (Phi) is 2.74. The Morgan fingerprint density at radius 2 is 2.06 bits per heavy atom. The van der Waals surface area contributed by atoms with Gasteiger partial charge in [0.1, 0.15) is 5.52 Å². The van der Waals surface area contributed by atoms with Crippen molar-refractivity contribution in [3.8, 4) is 11.3 Å². The summed E-state index contributed by atoms with van der Waals surface area (Å²) in [5.41, 5.74) is 3.66. The third-order valence-electron chi connectivity index (χ3n) is 2.89. The fourth-order valence-corrected chi connectivity index (χ4v) is 2.65. The number of hydrogen-bond acceptors (Lipinski definition) is 1. The van der Waals surface area contributed by atoms with E-state index in [2.05, 4.69) is 33.6 Å². The van der Waals surface area contributed by atoms with E-state index >= 15 is 0 Å². The third-order valence-corrected chi connectivity index (χ3v) is 3.48. The van der Waals surface area contributed by atoms with Crippen molar-refractivity contribution in [2.75, 3.05) is 0 Å². The number of aromatic nitrogens is 2. The van der Waals surface area contributed by atoms with Crippen LogP contribution in [0, 0.1) is 10.5 Å². The predicted molar refractivity (Wildman–Crippen MR) is 80.9 cm³/mol. The van der Waals surface area contributed by atoms with Crippen LogP contribution in [0.1, 0.15) is 5.56 Å². The Morgan fingerprint density at radius 3 is 2.83 bits per heavy atom. The molecule has 0 atom stereocenters. The molecule has 3 nitrogen and oxygen atoms in total. The molecule has 0 aliphatic rings. The largest absolute Gasteiger partial charge is 0.319 e. The molecule has 0 aliphatic heterocycles. The van der Waals surface area contributed by atoms with Crippen LogP contribution in [0.2, 0.25) is 0 Å². The summed E-state index contributed by atoms with van der Waals surface area (Å²) in [5.74, 6) is 0. The van der Waals surface area contributed by atoms with Crippen molar-refractivity contribution < 1.29 is 0 Å². The molecule has 1 aromatic carbocycles. The van der Waals surface area contributed by atoms with E-state index in [0.29, 0.717) is 5.52 Å². The Bertz CT molecular complexity index is 786. The third kappa shape index (κ3) is 1.96. The number of nitrogens with zero attached hydrogens (tertiary/aromatic N) is 1. The van der Waals surface area contributed by atoms with Crippen molar-refractivity contribution in [3.05, 3.63) is 62.2 Å². The smallest absolute Gasteiger partial charge is 0.272 e. The van der Waals surface area contributed by atoms with Gasteiger partial charge in [0.2, 0.25) is 0 Å². The summed E-state index contributed by atoms with van der Waals surface area (Å²) < 4.78 is 2.93. The fourth-order valence-electron chi connectivity index (χ4n) is 2.05. The zero-order chi connectivity index (χ0) is 12.7. The lowest BCUT2D eigenvalue weighted by atomic mass is 10.1. The maximum Gasteiger partial charge on any atom is 0.272 e. The van der Waals surface area contributed by atoms with Crippen molar-refractivity contribution in [2.24, 2.45) is 0 Å². The van der Waals surface area contributed by atoms with E-state index in [4.69, 9.17) is 0 Å². The van der Waals surface area contributed by atoms with E-state index in [1.807, 2.05) is 48.0 Å². The molecule has 2 heterocycles. The predicted octanol–water partition coefficient (Wildman–Crippen LogP) is 3.21. The Morgan fingerprint density at radius 1 is 1.22 bits per heavy atom. The fraction of sp³-hybridized carbons (Fsp3) is 0.0714. The van der Waals surface area contributed by atoms with Gasteiger partial charge in [-0.2, -0.15) is 0 Å². The first-order valence-corrected chi connectivity index (χ1v) is 6.69. The average molecular weight is 350 g/mol. The lowest BCUT2D eigenvalue weighted by Crippen LogP contribution is -2.09. The molecule has 2 aromatic heterocycles. The van der Waals surface area contributed by atoms with Crippen LogP contribution in [0.5, 0.6) is 0 Å². The first kappa shape index (κ1) is 11.5. The maximum atomic E-state index is 12.0. The molecule has 0 radical (unpaired) electrons. The number of fused-ring (bicyclic) bond motifs is 1. The summed E-state index contributed by atoms with van der Waals surface area (Å²) in [4.78, 5) is 14.9. The van der Waals surface area contributed by atoms with Crippen LogP contribution >= 0.6 is 22.6 Å². The van der Waals surface area contributed by atoms with Crippen LogP contribution in [0.15, 0.2) is 47.5 Å². The molecule has 0 aliphatic carbocycles. The first-order valence-electron chi connectivity index (χ1n) is 5.61. The highest BCUT2D eigenvalue weighted by Crippen LogP contribution is 2.18. The van der Waals surface area contributed by atoms with Gasteiger partial charge in [-0.1, -0.05) is 23.8 Å². The highest BCUT2D eigenvalue weighted by Gasteiger charge is 2.05. The van der Waals surface area contributed by atoms with Gasteiger partial charge < -0.3 is 9.38 Å². The molecule has 0 saturated heterocycles. The molecule has 90 valence electrons. The lowest BCUT2D eigenvalue weighted by Gasteiger charge is -2.04. The molecule has 3 aromatic rings. The molecule has 0 saturated carbocycles. The SMILES string of the molecule is Cc1cccc(-c2cn3cc(I)cc3c(=O)[nH]2)c1. The van der Waals surface area contributed by atoms with Crippen LogP contribution < -0.4 is 5.56 Å². The van der Waals surface area contributed by atoms with Gasteiger partial charge in [-0.05, 0) is 47.2 Å². The van der Waals surface area contributed by atoms with Gasteiger partial charge in [-0.25, -0.2) is 0 Å². The summed E-state index contributed by atoms with van der Waals surface area (Å²) in [7, 11) is 0. The van der Waals surface area contributed by atoms with Crippen molar-refractivity contribution in [3.63, 3.8) is 0 Å². The average Bonchev–Trinajstić information content (AvgIpc) is 2.70. The number of halogens is 1. The molecule has 18 heavy (non-hydrogen) atoms. The lowest BCUT2D eigenvalue weighted by molar-refractivity contribution is 1.11. The second-order valence-electron chi connectivity index (χ2n) is 4.32. The van der Waals surface area contributed by atoms with Crippen LogP contribution in [0.4, 0.5) is 0 Å². The Balaban J connectivity index is 2.27. The maximum absolute atomic E-state index is 12.0. The van der Waals surface area contributed by atoms with Crippen LogP contribution in [0.25, 0.3) is 16.8 Å². The van der Waals surface area contributed by atoms with Gasteiger partial charge >= 0.3 is 0 Å². The van der Waals surface area contributed by atoms with Gasteiger partial charge in [0, 0.05) is 16.0 Å². The number of rotatable bonds is 1. The summed E-state index contributed by atoms with van der Waals surface area (Å²) in [6.07, 6.45) is 3.90. The molecule has 3 rings (SSSR count). The number of aryl methyl sites for hydroxylation is 1. The molecule has 0 spiro atoms. The highest BCUT2D eigenvalue weighted by molar-refractivity contribution is 14.1. The quantitative estimate of drug-likeness (QED) is 0.673. The van der Waals surface area contributed by atoms with Crippen LogP contribution in [0.3, 0.4) is 0 Å². The topological polar surface area (TPSA) is 37.3 Å². The van der Waals surface area contributed by atoms with E-state index in [-0.39, 0.29) is 5.56 Å². The zero-order valence-electron chi connectivity index (χ0n) is 9.77. The summed E-state index contributed by atoms with van der Waals surface area (Å²) in [6.45, 7) is 2.04. The van der Waals surface area contributed by atoms with E-state index in [1.54, 1.807) is 0 Å². The highest BCUT2D eigenvalue weighted by atomic mass is 127. The number of nitrogens with one attached hydrogen (secondary N) is 1. The molecule has 1 N–H and O–H groups in total. The van der Waals surface area contributed by atoms with Crippen molar-refractivity contribution in [2.45, 2.75) is 6.92 Å². The van der Waals surface area contributed by atoms with Crippen LogP contribution in [-0.2, 0) is 0 Å². The molecular formula is C14H11IN2O. The molecule has 4 heteroatoms. The summed E-state index contributed by atoms with van der Waals surface area (Å²) >= 11 is 2.21. The minimum atomic E-state index is -0.0584. The van der Waals surface area contributed by atoms with Gasteiger partial charge in [0.05, 0.1) is 5.69 Å². The number of aromatic amines is 1. The minimum absolute atomic E-state index is 0.0584. The second-order valence-corrected chi connectivity index (χ2v) is 5.56. The van der Waals surface area contributed by atoms with Gasteiger partial charge in [0.15, 0.2) is 0 Å². The van der Waals surface area contributed by atoms with E-state index in [0.717, 1.165) is 14.8 Å². The number of benzene rings is 1. The van der Waals surface area contributed by atoms with Gasteiger partial charge in [-0.3, -0.25) is 4.79 Å². The minimum Gasteiger partial charge on any atom is -0.319 e. The molecule has 0 bridgehead atoms. The Labute approximate surface area is 118 Å².